The van der Waals surface area contributed by atoms with Crippen molar-refractivity contribution < 1.29 is 9.90 Å². The molecule has 0 aromatic heterocycles. The molecule has 0 fully saturated rings. The third-order valence-corrected chi connectivity index (χ3v) is 5.29. The summed E-state index contributed by atoms with van der Waals surface area (Å²) < 4.78 is 0. The molecule has 148 valence electrons. The number of aliphatic imine (C=N–C) groups is 1. The molecule has 3 heteroatoms. The molecule has 29 heavy (non-hydrogen) atoms. The Morgan fingerprint density at radius 2 is 1.17 bits per heavy atom. The van der Waals surface area contributed by atoms with Crippen LogP contribution in [0, 0.1) is 5.41 Å². The molecule has 3 nitrogen and oxygen atoms in total. The van der Waals surface area contributed by atoms with E-state index in [2.05, 4.69) is 0 Å². The summed E-state index contributed by atoms with van der Waals surface area (Å²) in [5, 5.41) is 10.5. The van der Waals surface area contributed by atoms with Crippen LogP contribution < -0.4 is 0 Å². The van der Waals surface area contributed by atoms with Gasteiger partial charge in [-0.15, -0.1) is 0 Å². The first kappa shape index (κ1) is 20.5. The van der Waals surface area contributed by atoms with Gasteiger partial charge in [-0.2, -0.15) is 0 Å². The molecule has 3 aromatic rings. The van der Waals surface area contributed by atoms with E-state index in [0.717, 1.165) is 16.7 Å². The predicted molar refractivity (Wildman–Crippen MR) is 118 cm³/mol. The summed E-state index contributed by atoms with van der Waals surface area (Å²) in [5.74, 6) is -0.918. The van der Waals surface area contributed by atoms with E-state index in [1.165, 1.54) is 0 Å². The molecular weight excluding hydrogens is 358 g/mol. The molecule has 3 aromatic carbocycles. The lowest BCUT2D eigenvalue weighted by molar-refractivity contribution is -0.147. The van der Waals surface area contributed by atoms with E-state index in [9.17, 15) is 9.90 Å². The number of nitrogens with zero attached hydrogens (tertiary/aromatic N) is 1. The van der Waals surface area contributed by atoms with Crippen molar-refractivity contribution in [3.8, 4) is 0 Å². The van der Waals surface area contributed by atoms with Crippen molar-refractivity contribution in [2.24, 2.45) is 10.4 Å². The summed E-state index contributed by atoms with van der Waals surface area (Å²) in [6.45, 7) is 5.84. The fraction of sp³-hybridized carbons (Fsp3) is 0.231. The molecule has 0 saturated heterocycles. The predicted octanol–water partition coefficient (Wildman–Crippen LogP) is 5.64. The summed E-state index contributed by atoms with van der Waals surface area (Å²) in [4.78, 5) is 17.8. The Bertz CT molecular complexity index is 932. The maximum absolute atomic E-state index is 12.8. The minimum absolute atomic E-state index is 0.315. The van der Waals surface area contributed by atoms with Gasteiger partial charge in [0, 0.05) is 17.5 Å². The van der Waals surface area contributed by atoms with Gasteiger partial charge in [-0.05, 0) is 11.0 Å². The number of hydrogen-bond donors (Lipinski definition) is 1. The Morgan fingerprint density at radius 3 is 1.55 bits per heavy atom. The number of carboxylic acids is 1. The minimum Gasteiger partial charge on any atom is -0.479 e. The molecule has 0 heterocycles. The van der Waals surface area contributed by atoms with Crippen molar-refractivity contribution in [3.63, 3.8) is 0 Å². The topological polar surface area (TPSA) is 49.7 Å². The van der Waals surface area contributed by atoms with E-state index in [1.807, 2.05) is 112 Å². The first-order valence-corrected chi connectivity index (χ1v) is 9.81. The highest BCUT2D eigenvalue weighted by atomic mass is 16.4. The maximum atomic E-state index is 12.8. The van der Waals surface area contributed by atoms with Gasteiger partial charge in [-0.1, -0.05) is 112 Å². The largest absolute Gasteiger partial charge is 0.479 e. The molecule has 1 unspecified atom stereocenters. The summed E-state index contributed by atoms with van der Waals surface area (Å²) in [6, 6.07) is 29.3. The first-order chi connectivity index (χ1) is 13.8. The lowest BCUT2D eigenvalue weighted by atomic mass is 9.70. The monoisotopic (exact) mass is 385 g/mol. The molecule has 0 spiro atoms. The van der Waals surface area contributed by atoms with Crippen molar-refractivity contribution >= 4 is 11.7 Å². The van der Waals surface area contributed by atoms with Gasteiger partial charge >= 0.3 is 5.97 Å². The number of rotatable bonds is 6. The number of carbonyl (C=O) groups is 1. The van der Waals surface area contributed by atoms with Crippen LogP contribution in [-0.2, 0) is 11.2 Å². The number of hydrogen-bond acceptors (Lipinski definition) is 2. The molecule has 0 aliphatic carbocycles. The molecule has 0 aliphatic rings. The van der Waals surface area contributed by atoms with Crippen molar-refractivity contribution in [2.45, 2.75) is 32.7 Å². The number of carboxylic acid groups (broad SMARTS) is 1. The van der Waals surface area contributed by atoms with Crippen LogP contribution in [0.1, 0.15) is 37.5 Å². The van der Waals surface area contributed by atoms with E-state index in [0.29, 0.717) is 12.1 Å². The fourth-order valence-electron chi connectivity index (χ4n) is 3.49. The summed E-state index contributed by atoms with van der Waals surface area (Å²) in [7, 11) is 0. The Kier molecular flexibility index (Phi) is 5.97. The third kappa shape index (κ3) is 4.45. The van der Waals surface area contributed by atoms with Gasteiger partial charge in [0.15, 0.2) is 5.54 Å². The lowest BCUT2D eigenvalue weighted by Crippen LogP contribution is -2.51. The second kappa shape index (κ2) is 8.44. The zero-order valence-electron chi connectivity index (χ0n) is 17.2. The molecule has 0 amide bonds. The third-order valence-electron chi connectivity index (χ3n) is 5.29. The lowest BCUT2D eigenvalue weighted by Gasteiger charge is -2.39. The van der Waals surface area contributed by atoms with Crippen LogP contribution >= 0.6 is 0 Å². The van der Waals surface area contributed by atoms with Crippen LogP contribution in [0.25, 0.3) is 0 Å². The van der Waals surface area contributed by atoms with E-state index < -0.39 is 16.9 Å². The van der Waals surface area contributed by atoms with E-state index in [-0.39, 0.29) is 0 Å². The molecular formula is C26H27NO2. The number of aliphatic carboxylic acids is 1. The average Bonchev–Trinajstić information content (AvgIpc) is 2.72. The van der Waals surface area contributed by atoms with Crippen LogP contribution in [0.15, 0.2) is 96.0 Å². The summed E-state index contributed by atoms with van der Waals surface area (Å²) in [6.07, 6.45) is 0.315. The Morgan fingerprint density at radius 1 is 0.759 bits per heavy atom. The van der Waals surface area contributed by atoms with Crippen LogP contribution in [0.5, 0.6) is 0 Å². The van der Waals surface area contributed by atoms with Crippen molar-refractivity contribution in [3.05, 3.63) is 108 Å². The Hall–Kier alpha value is -3.20. The normalized spacial score (nSPS) is 13.3. The van der Waals surface area contributed by atoms with Gasteiger partial charge in [0.1, 0.15) is 0 Å². The molecule has 0 radical (unpaired) electrons. The Balaban J connectivity index is 2.26. The van der Waals surface area contributed by atoms with E-state index >= 15 is 0 Å². The van der Waals surface area contributed by atoms with Crippen molar-refractivity contribution in [2.75, 3.05) is 0 Å². The van der Waals surface area contributed by atoms with Gasteiger partial charge in [-0.3, -0.25) is 4.99 Å². The highest BCUT2D eigenvalue weighted by Gasteiger charge is 2.49. The standard InChI is InChI=1S/C26H27NO2/c1-25(2,3)26(24(28)29,19-20-13-7-4-8-14-20)27-23(21-15-9-5-10-16-21)22-17-11-6-12-18-22/h4-18H,19H2,1-3H3,(H,28,29). The van der Waals surface area contributed by atoms with Gasteiger partial charge in [0.2, 0.25) is 0 Å². The molecule has 0 aliphatic heterocycles. The number of benzene rings is 3. The zero-order chi connectivity index (χ0) is 20.9. The second-order valence-electron chi connectivity index (χ2n) is 8.27. The van der Waals surface area contributed by atoms with Crippen molar-refractivity contribution in [1.29, 1.82) is 0 Å². The average molecular weight is 386 g/mol. The van der Waals surface area contributed by atoms with Crippen LogP contribution in [-0.4, -0.2) is 22.3 Å². The second-order valence-corrected chi connectivity index (χ2v) is 8.27. The van der Waals surface area contributed by atoms with Gasteiger partial charge in [0.05, 0.1) is 5.71 Å². The van der Waals surface area contributed by atoms with Gasteiger partial charge in [-0.25, -0.2) is 4.79 Å². The van der Waals surface area contributed by atoms with E-state index in [1.54, 1.807) is 0 Å². The summed E-state index contributed by atoms with van der Waals surface area (Å²) >= 11 is 0. The Labute approximate surface area is 172 Å². The molecule has 1 N–H and O–H groups in total. The zero-order valence-corrected chi connectivity index (χ0v) is 17.2. The minimum atomic E-state index is -1.32. The van der Waals surface area contributed by atoms with Crippen molar-refractivity contribution in [1.82, 2.24) is 0 Å². The van der Waals surface area contributed by atoms with E-state index in [4.69, 9.17) is 4.99 Å². The first-order valence-electron chi connectivity index (χ1n) is 9.81. The molecule has 0 saturated carbocycles. The van der Waals surface area contributed by atoms with Gasteiger partial charge < -0.3 is 5.11 Å². The fourth-order valence-corrected chi connectivity index (χ4v) is 3.49. The summed E-state index contributed by atoms with van der Waals surface area (Å²) in [5.41, 5.74) is 1.52. The van der Waals surface area contributed by atoms with Gasteiger partial charge in [0.25, 0.3) is 0 Å². The quantitative estimate of drug-likeness (QED) is 0.559. The highest BCUT2D eigenvalue weighted by molar-refractivity contribution is 6.13. The smallest absolute Gasteiger partial charge is 0.332 e. The molecule has 3 rings (SSSR count). The maximum Gasteiger partial charge on any atom is 0.332 e. The van der Waals surface area contributed by atoms with Crippen LogP contribution in [0.4, 0.5) is 0 Å². The highest BCUT2D eigenvalue weighted by Crippen LogP contribution is 2.38. The van der Waals surface area contributed by atoms with Crippen LogP contribution in [0.3, 0.4) is 0 Å². The van der Waals surface area contributed by atoms with Crippen LogP contribution in [0.2, 0.25) is 0 Å². The molecule has 1 atom stereocenters. The SMILES string of the molecule is CC(C)(C)C(Cc1ccccc1)(N=C(c1ccccc1)c1ccccc1)C(=O)O. The molecule has 0 bridgehead atoms.